The molecular weight excluding hydrogens is 139 g/mol. The van der Waals surface area contributed by atoms with Crippen molar-refractivity contribution in [2.75, 3.05) is 0 Å². The average Bonchev–Trinajstić information content (AvgIpc) is 1.63. The van der Waals surface area contributed by atoms with E-state index in [1.54, 1.807) is 6.08 Å². The Labute approximate surface area is 56.0 Å². The third kappa shape index (κ3) is 7.89. The largest absolute Gasteiger partial charge is 0.435 e. The third-order valence-electron chi connectivity index (χ3n) is 0.619. The lowest BCUT2D eigenvalue weighted by Crippen LogP contribution is -1.78. The van der Waals surface area contributed by atoms with Crippen LogP contribution in [0.15, 0.2) is 12.3 Å². The van der Waals surface area contributed by atoms with Crippen LogP contribution in [-0.2, 0) is 4.52 Å². The van der Waals surface area contributed by atoms with E-state index in [1.165, 1.54) is 6.26 Å². The summed E-state index contributed by atoms with van der Waals surface area (Å²) in [6.45, 7) is 3.94. The van der Waals surface area contributed by atoms with E-state index in [1.807, 2.05) is 13.8 Å². The van der Waals surface area contributed by atoms with Gasteiger partial charge in [-0.25, -0.2) is 0 Å². The summed E-state index contributed by atoms with van der Waals surface area (Å²) in [5, 5.41) is 0. The van der Waals surface area contributed by atoms with Crippen molar-refractivity contribution >= 4 is 8.60 Å². The fourth-order valence-corrected chi connectivity index (χ4v) is 0.426. The predicted octanol–water partition coefficient (Wildman–Crippen LogP) is 1.38. The highest BCUT2D eigenvalue weighted by molar-refractivity contribution is 7.39. The van der Waals surface area contributed by atoms with Crippen molar-refractivity contribution in [3.63, 3.8) is 0 Å². The monoisotopic (exact) mass is 150 g/mol. The molecule has 4 heteroatoms. The van der Waals surface area contributed by atoms with Crippen molar-refractivity contribution in [3.05, 3.63) is 12.3 Å². The topological polar surface area (TPSA) is 49.7 Å². The van der Waals surface area contributed by atoms with Crippen molar-refractivity contribution in [2.24, 2.45) is 5.92 Å². The highest BCUT2D eigenvalue weighted by Gasteiger charge is 1.92. The van der Waals surface area contributed by atoms with Crippen molar-refractivity contribution in [2.45, 2.75) is 13.8 Å². The molecule has 0 unspecified atom stereocenters. The van der Waals surface area contributed by atoms with Crippen LogP contribution < -0.4 is 0 Å². The maximum absolute atomic E-state index is 8.21. The molecule has 0 heterocycles. The molecule has 0 rings (SSSR count). The number of hydrogen-bond donors (Lipinski definition) is 2. The zero-order valence-electron chi connectivity index (χ0n) is 5.48. The minimum Gasteiger partial charge on any atom is -0.435 e. The summed E-state index contributed by atoms with van der Waals surface area (Å²) in [4.78, 5) is 16.4. The van der Waals surface area contributed by atoms with E-state index in [9.17, 15) is 0 Å². The Bertz CT molecular complexity index is 90.2. The molecule has 3 nitrogen and oxygen atoms in total. The third-order valence-corrected chi connectivity index (χ3v) is 0.929. The number of rotatable bonds is 3. The maximum atomic E-state index is 8.21. The summed E-state index contributed by atoms with van der Waals surface area (Å²) in [5.74, 6) is 0.375. The second kappa shape index (κ2) is 4.74. The quantitative estimate of drug-likeness (QED) is 0.472. The van der Waals surface area contributed by atoms with E-state index in [4.69, 9.17) is 9.79 Å². The molecule has 0 saturated carbocycles. The molecule has 2 N–H and O–H groups in total. The molecule has 0 bridgehead atoms. The van der Waals surface area contributed by atoms with Gasteiger partial charge in [-0.15, -0.1) is 0 Å². The summed E-state index contributed by atoms with van der Waals surface area (Å²) < 4.78 is 4.35. The first-order valence-electron chi connectivity index (χ1n) is 2.64. The van der Waals surface area contributed by atoms with Crippen LogP contribution >= 0.6 is 8.60 Å². The van der Waals surface area contributed by atoms with Crippen LogP contribution in [0.1, 0.15) is 13.8 Å². The minimum atomic E-state index is -2.22. The van der Waals surface area contributed by atoms with Crippen LogP contribution in [0.5, 0.6) is 0 Å². The smallest absolute Gasteiger partial charge is 0.390 e. The van der Waals surface area contributed by atoms with Gasteiger partial charge in [0.05, 0.1) is 6.26 Å². The molecule has 0 aromatic carbocycles. The summed E-state index contributed by atoms with van der Waals surface area (Å²) >= 11 is 0. The van der Waals surface area contributed by atoms with Gasteiger partial charge in [-0.3, -0.25) is 0 Å². The lowest BCUT2D eigenvalue weighted by Gasteiger charge is -1.98. The molecule has 0 aliphatic rings. The molecule has 54 valence electrons. The Kier molecular flexibility index (Phi) is 4.68. The molecule has 0 spiro atoms. The van der Waals surface area contributed by atoms with E-state index in [-0.39, 0.29) is 0 Å². The Morgan fingerprint density at radius 1 is 1.44 bits per heavy atom. The highest BCUT2D eigenvalue weighted by atomic mass is 31.2. The van der Waals surface area contributed by atoms with Gasteiger partial charge in [0.15, 0.2) is 0 Å². The van der Waals surface area contributed by atoms with Crippen LogP contribution in [0.3, 0.4) is 0 Å². The molecule has 0 aromatic rings. The fraction of sp³-hybridized carbons (Fsp3) is 0.600. The molecule has 0 saturated heterocycles. The highest BCUT2D eigenvalue weighted by Crippen LogP contribution is 2.24. The van der Waals surface area contributed by atoms with E-state index in [0.29, 0.717) is 5.92 Å². The van der Waals surface area contributed by atoms with E-state index >= 15 is 0 Å². The van der Waals surface area contributed by atoms with Crippen LogP contribution in [0, 0.1) is 5.92 Å². The summed E-state index contributed by atoms with van der Waals surface area (Å²) in [6, 6.07) is 0. The summed E-state index contributed by atoms with van der Waals surface area (Å²) in [6.07, 6.45) is 3.04. The Morgan fingerprint density at radius 2 is 2.00 bits per heavy atom. The average molecular weight is 150 g/mol. The molecule has 0 fully saturated rings. The van der Waals surface area contributed by atoms with Crippen LogP contribution in [0.4, 0.5) is 0 Å². The Balaban J connectivity index is 3.25. The van der Waals surface area contributed by atoms with Crippen molar-refractivity contribution < 1.29 is 14.3 Å². The fourth-order valence-electron chi connectivity index (χ4n) is 0.247. The van der Waals surface area contributed by atoms with Gasteiger partial charge in [-0.1, -0.05) is 13.8 Å². The van der Waals surface area contributed by atoms with Crippen molar-refractivity contribution in [3.8, 4) is 0 Å². The zero-order valence-corrected chi connectivity index (χ0v) is 6.38. The molecule has 0 aliphatic heterocycles. The lowest BCUT2D eigenvalue weighted by molar-refractivity contribution is 0.341. The number of allylic oxidation sites excluding steroid dienone is 1. The normalized spacial score (nSPS) is 11.8. The molecule has 0 atom stereocenters. The van der Waals surface area contributed by atoms with Gasteiger partial charge in [-0.2, -0.15) is 0 Å². The Hall–Kier alpha value is -0.110. The van der Waals surface area contributed by atoms with Crippen LogP contribution in [-0.4, -0.2) is 9.79 Å². The molecule has 9 heavy (non-hydrogen) atoms. The molecule has 0 aromatic heterocycles. The van der Waals surface area contributed by atoms with Crippen LogP contribution in [0.2, 0.25) is 0 Å². The first-order chi connectivity index (χ1) is 4.13. The van der Waals surface area contributed by atoms with E-state index < -0.39 is 8.60 Å². The molecule has 0 aliphatic carbocycles. The van der Waals surface area contributed by atoms with Crippen molar-refractivity contribution in [1.29, 1.82) is 0 Å². The van der Waals surface area contributed by atoms with E-state index in [2.05, 4.69) is 4.52 Å². The van der Waals surface area contributed by atoms with Gasteiger partial charge < -0.3 is 14.3 Å². The summed E-state index contributed by atoms with van der Waals surface area (Å²) in [5.41, 5.74) is 0. The van der Waals surface area contributed by atoms with Gasteiger partial charge in [0.25, 0.3) is 0 Å². The maximum Gasteiger partial charge on any atom is 0.390 e. The van der Waals surface area contributed by atoms with Gasteiger partial charge >= 0.3 is 8.60 Å². The summed E-state index contributed by atoms with van der Waals surface area (Å²) in [7, 11) is -2.22. The van der Waals surface area contributed by atoms with Gasteiger partial charge in [0.2, 0.25) is 0 Å². The minimum absolute atomic E-state index is 0.375. The first kappa shape index (κ1) is 8.89. The second-order valence-electron chi connectivity index (χ2n) is 1.93. The zero-order chi connectivity index (χ0) is 7.28. The Morgan fingerprint density at radius 3 is 2.33 bits per heavy atom. The van der Waals surface area contributed by atoms with Gasteiger partial charge in [0, 0.05) is 0 Å². The predicted molar refractivity (Wildman–Crippen MR) is 36.4 cm³/mol. The molecule has 0 radical (unpaired) electrons. The lowest BCUT2D eigenvalue weighted by atomic mass is 10.2. The SMILES string of the molecule is CC(C)C=COP(O)O. The number of hydrogen-bond acceptors (Lipinski definition) is 3. The molecule has 0 amide bonds. The van der Waals surface area contributed by atoms with Gasteiger partial charge in [0.1, 0.15) is 0 Å². The first-order valence-corrected chi connectivity index (χ1v) is 3.80. The van der Waals surface area contributed by atoms with Crippen LogP contribution in [0.25, 0.3) is 0 Å². The van der Waals surface area contributed by atoms with Crippen molar-refractivity contribution in [1.82, 2.24) is 0 Å². The second-order valence-corrected chi connectivity index (χ2v) is 2.65. The molecular formula is C5H11O3P. The standard InChI is InChI=1S/C5H11O3P/c1-5(2)3-4-8-9(6)7/h3-7H,1-2H3. The van der Waals surface area contributed by atoms with E-state index in [0.717, 1.165) is 0 Å². The van der Waals surface area contributed by atoms with Gasteiger partial charge in [-0.05, 0) is 12.0 Å².